The van der Waals surface area contributed by atoms with Gasteiger partial charge in [0.2, 0.25) is 0 Å². The molecule has 1 N–H and O–H groups in total. The Morgan fingerprint density at radius 3 is 2.30 bits per heavy atom. The van der Waals surface area contributed by atoms with Crippen LogP contribution in [0.4, 0.5) is 0 Å². The summed E-state index contributed by atoms with van der Waals surface area (Å²) in [5, 5.41) is 3.77. The lowest BCUT2D eigenvalue weighted by molar-refractivity contribution is 0.276. The Kier molecular flexibility index (Phi) is 7.14. The normalized spacial score (nSPS) is 19.2. The molecular weight excluding hydrogens is 242 g/mol. The maximum absolute atomic E-state index is 3.77. The van der Waals surface area contributed by atoms with Crippen molar-refractivity contribution in [3.63, 3.8) is 0 Å². The molecule has 0 aromatic heterocycles. The van der Waals surface area contributed by atoms with Crippen molar-refractivity contribution < 1.29 is 0 Å². The van der Waals surface area contributed by atoms with E-state index in [0.29, 0.717) is 0 Å². The van der Waals surface area contributed by atoms with Crippen molar-refractivity contribution in [2.75, 3.05) is 6.54 Å². The van der Waals surface area contributed by atoms with Crippen molar-refractivity contribution in [2.45, 2.75) is 70.8 Å². The lowest BCUT2D eigenvalue weighted by Gasteiger charge is -2.29. The van der Waals surface area contributed by atoms with Crippen LogP contribution >= 0.6 is 0 Å². The van der Waals surface area contributed by atoms with Gasteiger partial charge in [-0.1, -0.05) is 69.4 Å². The van der Waals surface area contributed by atoms with Crippen molar-refractivity contribution in [3.05, 3.63) is 35.9 Å². The van der Waals surface area contributed by atoms with Crippen LogP contribution in [-0.2, 0) is 6.42 Å². The first-order chi connectivity index (χ1) is 9.90. The molecule has 1 saturated carbocycles. The zero-order valence-corrected chi connectivity index (χ0v) is 13.1. The topological polar surface area (TPSA) is 12.0 Å². The summed E-state index contributed by atoms with van der Waals surface area (Å²) < 4.78 is 0. The van der Waals surface area contributed by atoms with Gasteiger partial charge in [-0.2, -0.15) is 0 Å². The fraction of sp³-hybridized carbons (Fsp3) is 0.684. The van der Waals surface area contributed by atoms with Gasteiger partial charge in [0.05, 0.1) is 0 Å². The SMILES string of the molecule is CCNC(CCc1ccccc1)C1CCCCCCC1. The zero-order chi connectivity index (χ0) is 14.0. The third-order valence-corrected chi connectivity index (χ3v) is 4.77. The van der Waals surface area contributed by atoms with Crippen molar-refractivity contribution in [1.82, 2.24) is 5.32 Å². The molecule has 1 nitrogen and oxygen atoms in total. The van der Waals surface area contributed by atoms with Crippen molar-refractivity contribution in [2.24, 2.45) is 5.92 Å². The summed E-state index contributed by atoms with van der Waals surface area (Å²) >= 11 is 0. The highest BCUT2D eigenvalue weighted by molar-refractivity contribution is 5.14. The maximum atomic E-state index is 3.77. The van der Waals surface area contributed by atoms with E-state index in [1.807, 2.05) is 0 Å². The second-order valence-corrected chi connectivity index (χ2v) is 6.29. The number of aryl methyl sites for hydroxylation is 1. The molecular formula is C19H31N. The van der Waals surface area contributed by atoms with E-state index in [9.17, 15) is 0 Å². The van der Waals surface area contributed by atoms with E-state index >= 15 is 0 Å². The monoisotopic (exact) mass is 273 g/mol. The number of hydrogen-bond acceptors (Lipinski definition) is 1. The summed E-state index contributed by atoms with van der Waals surface area (Å²) in [4.78, 5) is 0. The highest BCUT2D eigenvalue weighted by Crippen LogP contribution is 2.27. The average molecular weight is 273 g/mol. The first-order valence-corrected chi connectivity index (χ1v) is 8.67. The maximum Gasteiger partial charge on any atom is 0.00983 e. The van der Waals surface area contributed by atoms with E-state index in [1.54, 1.807) is 0 Å². The minimum atomic E-state index is 0.721. The molecule has 0 spiro atoms. The molecule has 1 aromatic rings. The fourth-order valence-electron chi connectivity index (χ4n) is 3.62. The summed E-state index contributed by atoms with van der Waals surface area (Å²) in [5.74, 6) is 0.902. The summed E-state index contributed by atoms with van der Waals surface area (Å²) in [7, 11) is 0. The smallest absolute Gasteiger partial charge is 0.00983 e. The number of rotatable bonds is 6. The van der Waals surface area contributed by atoms with Gasteiger partial charge in [-0.05, 0) is 43.7 Å². The molecule has 20 heavy (non-hydrogen) atoms. The first kappa shape index (κ1) is 15.6. The molecule has 1 unspecified atom stereocenters. The van der Waals surface area contributed by atoms with Gasteiger partial charge in [0, 0.05) is 6.04 Å². The lowest BCUT2D eigenvalue weighted by atomic mass is 9.83. The van der Waals surface area contributed by atoms with Crippen LogP contribution in [0.5, 0.6) is 0 Å². The summed E-state index contributed by atoms with van der Waals surface area (Å²) in [6.45, 7) is 3.36. The Hall–Kier alpha value is -0.820. The van der Waals surface area contributed by atoms with E-state index < -0.39 is 0 Å². The Balaban J connectivity index is 1.87. The Morgan fingerprint density at radius 2 is 1.65 bits per heavy atom. The molecule has 1 fully saturated rings. The lowest BCUT2D eigenvalue weighted by Crippen LogP contribution is -2.37. The standard InChI is InChI=1S/C19H31N/c1-2-20-19(16-15-17-11-7-6-8-12-17)18-13-9-4-3-5-10-14-18/h6-8,11-12,18-20H,2-5,9-10,13-16H2,1H3. The van der Waals surface area contributed by atoms with E-state index in [-0.39, 0.29) is 0 Å². The highest BCUT2D eigenvalue weighted by atomic mass is 14.9. The van der Waals surface area contributed by atoms with Crippen LogP contribution in [0, 0.1) is 5.92 Å². The predicted molar refractivity (Wildman–Crippen MR) is 88.0 cm³/mol. The van der Waals surface area contributed by atoms with Crippen LogP contribution in [0.3, 0.4) is 0 Å². The quantitative estimate of drug-likeness (QED) is 0.772. The molecule has 1 aromatic carbocycles. The van der Waals surface area contributed by atoms with Gasteiger partial charge < -0.3 is 5.32 Å². The minimum absolute atomic E-state index is 0.721. The summed E-state index contributed by atoms with van der Waals surface area (Å²) in [6, 6.07) is 11.7. The van der Waals surface area contributed by atoms with Gasteiger partial charge in [-0.3, -0.25) is 0 Å². The van der Waals surface area contributed by atoms with E-state index in [1.165, 1.54) is 63.4 Å². The van der Waals surface area contributed by atoms with Crippen LogP contribution in [0.15, 0.2) is 30.3 Å². The van der Waals surface area contributed by atoms with Gasteiger partial charge in [-0.15, -0.1) is 0 Å². The molecule has 0 aliphatic heterocycles. The van der Waals surface area contributed by atoms with Crippen molar-refractivity contribution >= 4 is 0 Å². The van der Waals surface area contributed by atoms with E-state index in [0.717, 1.165) is 18.5 Å². The summed E-state index contributed by atoms with van der Waals surface area (Å²) in [5.41, 5.74) is 1.49. The highest BCUT2D eigenvalue weighted by Gasteiger charge is 2.21. The Bertz CT molecular complexity index is 338. The van der Waals surface area contributed by atoms with Gasteiger partial charge in [0.25, 0.3) is 0 Å². The zero-order valence-electron chi connectivity index (χ0n) is 13.1. The van der Waals surface area contributed by atoms with Crippen LogP contribution < -0.4 is 5.32 Å². The third-order valence-electron chi connectivity index (χ3n) is 4.77. The van der Waals surface area contributed by atoms with Crippen LogP contribution in [0.2, 0.25) is 0 Å². The van der Waals surface area contributed by atoms with Gasteiger partial charge in [0.15, 0.2) is 0 Å². The molecule has 0 bridgehead atoms. The molecule has 1 aliphatic rings. The molecule has 0 heterocycles. The van der Waals surface area contributed by atoms with Crippen LogP contribution in [0.1, 0.15) is 63.9 Å². The van der Waals surface area contributed by atoms with Gasteiger partial charge in [0.1, 0.15) is 0 Å². The Labute approximate surface area is 125 Å². The van der Waals surface area contributed by atoms with E-state index in [4.69, 9.17) is 0 Å². The minimum Gasteiger partial charge on any atom is -0.314 e. The van der Waals surface area contributed by atoms with Crippen LogP contribution in [0.25, 0.3) is 0 Å². The summed E-state index contributed by atoms with van der Waals surface area (Å²) in [6.07, 6.45) is 12.6. The predicted octanol–water partition coefficient (Wildman–Crippen LogP) is 4.96. The molecule has 1 aliphatic carbocycles. The van der Waals surface area contributed by atoms with Crippen molar-refractivity contribution in [1.29, 1.82) is 0 Å². The number of nitrogens with one attached hydrogen (secondary N) is 1. The second kappa shape index (κ2) is 9.18. The number of benzene rings is 1. The third kappa shape index (κ3) is 5.28. The molecule has 2 rings (SSSR count). The van der Waals surface area contributed by atoms with E-state index in [2.05, 4.69) is 42.6 Å². The molecule has 1 heteroatoms. The van der Waals surface area contributed by atoms with Gasteiger partial charge in [-0.25, -0.2) is 0 Å². The fourth-order valence-corrected chi connectivity index (χ4v) is 3.62. The molecule has 0 radical (unpaired) electrons. The second-order valence-electron chi connectivity index (χ2n) is 6.29. The Morgan fingerprint density at radius 1 is 1.00 bits per heavy atom. The molecule has 1 atom stereocenters. The first-order valence-electron chi connectivity index (χ1n) is 8.67. The largest absolute Gasteiger partial charge is 0.314 e. The average Bonchev–Trinajstić information content (AvgIpc) is 2.45. The molecule has 112 valence electrons. The molecule has 0 saturated heterocycles. The van der Waals surface area contributed by atoms with Gasteiger partial charge >= 0.3 is 0 Å². The van der Waals surface area contributed by atoms with Crippen LogP contribution in [-0.4, -0.2) is 12.6 Å². The van der Waals surface area contributed by atoms with Crippen molar-refractivity contribution in [3.8, 4) is 0 Å². The number of hydrogen-bond donors (Lipinski definition) is 1. The molecule has 0 amide bonds.